The van der Waals surface area contributed by atoms with E-state index in [1.165, 1.54) is 0 Å². The number of halogens is 2. The van der Waals surface area contributed by atoms with Gasteiger partial charge in [0, 0.05) is 7.05 Å². The van der Waals surface area contributed by atoms with Gasteiger partial charge in [-0.2, -0.15) is 5.10 Å². The summed E-state index contributed by atoms with van der Waals surface area (Å²) in [6.07, 6.45) is 0.776. The maximum Gasteiger partial charge on any atom is 0.138 e. The zero-order valence-corrected chi connectivity index (χ0v) is 12.9. The molecule has 0 bridgehead atoms. The molecule has 2 rings (SSSR count). The van der Waals surface area contributed by atoms with Gasteiger partial charge < -0.3 is 9.84 Å². The molecule has 108 valence electrons. The first kappa shape index (κ1) is 15.2. The Balaban J connectivity index is 2.15. The minimum absolute atomic E-state index is 0.0482. The number of aliphatic hydroxyl groups excluding tert-OH is 1. The van der Waals surface area contributed by atoms with Gasteiger partial charge in [0.1, 0.15) is 12.4 Å². The maximum absolute atomic E-state index is 9.04. The van der Waals surface area contributed by atoms with E-state index in [9.17, 15) is 0 Å². The molecule has 2 aromatic rings. The molecule has 0 saturated heterocycles. The number of hydrogen-bond donors (Lipinski definition) is 1. The molecule has 0 spiro atoms. The van der Waals surface area contributed by atoms with Gasteiger partial charge in [0.25, 0.3) is 0 Å². The summed E-state index contributed by atoms with van der Waals surface area (Å²) in [5.41, 5.74) is 2.41. The van der Waals surface area contributed by atoms with E-state index in [4.69, 9.17) is 33.0 Å². The number of benzene rings is 1. The van der Waals surface area contributed by atoms with Crippen molar-refractivity contribution in [3.63, 3.8) is 0 Å². The van der Waals surface area contributed by atoms with Crippen molar-refractivity contribution in [2.45, 2.75) is 26.6 Å². The molecule has 0 radical (unpaired) electrons. The van der Waals surface area contributed by atoms with Crippen LogP contribution in [0.15, 0.2) is 18.2 Å². The summed E-state index contributed by atoms with van der Waals surface area (Å²) >= 11 is 12.3. The van der Waals surface area contributed by atoms with E-state index in [-0.39, 0.29) is 6.61 Å². The second-order valence-corrected chi connectivity index (χ2v) is 5.18. The van der Waals surface area contributed by atoms with Crippen LogP contribution in [0, 0.1) is 0 Å². The van der Waals surface area contributed by atoms with Crippen LogP contribution in [-0.4, -0.2) is 14.9 Å². The van der Waals surface area contributed by atoms with E-state index >= 15 is 0 Å². The molecule has 1 aromatic carbocycles. The monoisotopic (exact) mass is 314 g/mol. The van der Waals surface area contributed by atoms with Crippen LogP contribution in [0.1, 0.15) is 23.9 Å². The van der Waals surface area contributed by atoms with E-state index in [1.807, 2.05) is 14.0 Å². The fourth-order valence-electron chi connectivity index (χ4n) is 1.88. The lowest BCUT2D eigenvalue weighted by Gasteiger charge is -2.09. The predicted octanol–water partition coefficient (Wildman–Crippen LogP) is 3.36. The van der Waals surface area contributed by atoms with Crippen molar-refractivity contribution in [2.75, 3.05) is 0 Å². The number of aliphatic hydroxyl groups is 1. The molecule has 6 heteroatoms. The van der Waals surface area contributed by atoms with E-state index in [2.05, 4.69) is 5.10 Å². The molecular weight excluding hydrogens is 299 g/mol. The summed E-state index contributed by atoms with van der Waals surface area (Å²) in [5, 5.41) is 14.5. The van der Waals surface area contributed by atoms with E-state index in [0.29, 0.717) is 22.4 Å². The van der Waals surface area contributed by atoms with E-state index in [0.717, 1.165) is 23.4 Å². The van der Waals surface area contributed by atoms with Crippen LogP contribution in [0.2, 0.25) is 10.0 Å². The Bertz CT molecular complexity index is 611. The number of ether oxygens (including phenoxy) is 1. The summed E-state index contributed by atoms with van der Waals surface area (Å²) in [7, 11) is 1.83. The molecule has 0 amide bonds. The fourth-order valence-corrected chi connectivity index (χ4v) is 2.49. The zero-order valence-electron chi connectivity index (χ0n) is 11.4. The SMILES string of the molecule is CCc1nn(C)c(COc2ccc(CO)cc2Cl)c1Cl. The lowest BCUT2D eigenvalue weighted by Crippen LogP contribution is -2.04. The molecule has 1 aromatic heterocycles. The molecule has 4 nitrogen and oxygen atoms in total. The highest BCUT2D eigenvalue weighted by Crippen LogP contribution is 2.28. The lowest BCUT2D eigenvalue weighted by atomic mass is 10.2. The van der Waals surface area contributed by atoms with Crippen molar-refractivity contribution in [3.8, 4) is 5.75 Å². The minimum Gasteiger partial charge on any atom is -0.486 e. The van der Waals surface area contributed by atoms with Crippen molar-refractivity contribution >= 4 is 23.2 Å². The van der Waals surface area contributed by atoms with Crippen LogP contribution in [0.3, 0.4) is 0 Å². The van der Waals surface area contributed by atoms with Crippen LogP contribution in [0.4, 0.5) is 0 Å². The van der Waals surface area contributed by atoms with Gasteiger partial charge in [-0.1, -0.05) is 36.2 Å². The van der Waals surface area contributed by atoms with Gasteiger partial charge in [0.2, 0.25) is 0 Å². The number of rotatable bonds is 5. The number of aryl methyl sites for hydroxylation is 2. The molecule has 0 unspecified atom stereocenters. The van der Waals surface area contributed by atoms with Gasteiger partial charge in [0.05, 0.1) is 28.0 Å². The second-order valence-electron chi connectivity index (χ2n) is 4.40. The van der Waals surface area contributed by atoms with Gasteiger partial charge in [-0.3, -0.25) is 4.68 Å². The summed E-state index contributed by atoms with van der Waals surface area (Å²) in [4.78, 5) is 0. The summed E-state index contributed by atoms with van der Waals surface area (Å²) in [6, 6.07) is 5.18. The largest absolute Gasteiger partial charge is 0.486 e. The van der Waals surface area contributed by atoms with Crippen molar-refractivity contribution in [3.05, 3.63) is 45.2 Å². The number of hydrogen-bond acceptors (Lipinski definition) is 3. The third-order valence-electron chi connectivity index (χ3n) is 3.05. The molecule has 0 atom stereocenters. The Morgan fingerprint density at radius 1 is 1.35 bits per heavy atom. The van der Waals surface area contributed by atoms with Crippen molar-refractivity contribution < 1.29 is 9.84 Å². The predicted molar refractivity (Wildman–Crippen MR) is 79.3 cm³/mol. The van der Waals surface area contributed by atoms with Crippen molar-refractivity contribution in [2.24, 2.45) is 7.05 Å². The Morgan fingerprint density at radius 3 is 2.65 bits per heavy atom. The first-order chi connectivity index (χ1) is 9.56. The van der Waals surface area contributed by atoms with Crippen molar-refractivity contribution in [1.29, 1.82) is 0 Å². The molecule has 0 fully saturated rings. The number of nitrogens with zero attached hydrogens (tertiary/aromatic N) is 2. The highest BCUT2D eigenvalue weighted by molar-refractivity contribution is 6.32. The smallest absolute Gasteiger partial charge is 0.138 e. The third kappa shape index (κ3) is 3.08. The number of aromatic nitrogens is 2. The van der Waals surface area contributed by atoms with Crippen molar-refractivity contribution in [1.82, 2.24) is 9.78 Å². The van der Waals surface area contributed by atoms with Gasteiger partial charge in [-0.25, -0.2) is 0 Å². The Morgan fingerprint density at radius 2 is 2.10 bits per heavy atom. The Kier molecular flexibility index (Phi) is 4.91. The molecule has 20 heavy (non-hydrogen) atoms. The normalized spacial score (nSPS) is 10.8. The molecule has 0 aliphatic heterocycles. The van der Waals surface area contributed by atoms with Gasteiger partial charge >= 0.3 is 0 Å². The second kappa shape index (κ2) is 6.48. The Hall–Kier alpha value is -1.23. The molecular formula is C14H16Cl2N2O2. The van der Waals surface area contributed by atoms with Crippen LogP contribution in [0.25, 0.3) is 0 Å². The van der Waals surface area contributed by atoms with Gasteiger partial charge in [-0.05, 0) is 24.1 Å². The van der Waals surface area contributed by atoms with Gasteiger partial charge in [-0.15, -0.1) is 0 Å². The quantitative estimate of drug-likeness (QED) is 0.920. The summed E-state index contributed by atoms with van der Waals surface area (Å²) in [5.74, 6) is 0.555. The zero-order chi connectivity index (χ0) is 14.7. The first-order valence-electron chi connectivity index (χ1n) is 6.29. The van der Waals surface area contributed by atoms with E-state index < -0.39 is 0 Å². The van der Waals surface area contributed by atoms with Crippen LogP contribution < -0.4 is 4.74 Å². The average Bonchev–Trinajstić information content (AvgIpc) is 2.72. The van der Waals surface area contributed by atoms with E-state index in [1.54, 1.807) is 22.9 Å². The summed E-state index contributed by atoms with van der Waals surface area (Å²) < 4.78 is 7.40. The average molecular weight is 315 g/mol. The standard InChI is InChI=1S/C14H16Cl2N2O2/c1-3-11-14(16)12(18(2)17-11)8-20-13-5-4-9(7-19)6-10(13)15/h4-6,19H,3,7-8H2,1-2H3. The maximum atomic E-state index is 9.04. The molecule has 0 aliphatic carbocycles. The topological polar surface area (TPSA) is 47.3 Å². The minimum atomic E-state index is -0.0482. The highest BCUT2D eigenvalue weighted by Gasteiger charge is 2.14. The van der Waals surface area contributed by atoms with Gasteiger partial charge in [0.15, 0.2) is 0 Å². The molecule has 0 aliphatic rings. The van der Waals surface area contributed by atoms with Crippen LogP contribution >= 0.6 is 23.2 Å². The molecule has 0 saturated carbocycles. The fraction of sp³-hybridized carbons (Fsp3) is 0.357. The Labute approximate surface area is 127 Å². The lowest BCUT2D eigenvalue weighted by molar-refractivity contribution is 0.280. The molecule has 1 N–H and O–H groups in total. The molecule has 1 heterocycles. The van der Waals surface area contributed by atoms with Crippen LogP contribution in [-0.2, 0) is 26.7 Å². The highest BCUT2D eigenvalue weighted by atomic mass is 35.5. The summed E-state index contributed by atoms with van der Waals surface area (Å²) in [6.45, 7) is 2.25. The van der Waals surface area contributed by atoms with Crippen LogP contribution in [0.5, 0.6) is 5.75 Å². The first-order valence-corrected chi connectivity index (χ1v) is 7.04. The third-order valence-corrected chi connectivity index (χ3v) is 3.78.